The third kappa shape index (κ3) is 7.53. The number of carbonyl (C=O) groups excluding carboxylic acids is 5. The van der Waals surface area contributed by atoms with Crippen molar-refractivity contribution in [3.05, 3.63) is 43.0 Å². The molecule has 1 saturated heterocycles. The second-order valence-corrected chi connectivity index (χ2v) is 22.1. The number of ether oxygens (including phenoxy) is 1. The van der Waals surface area contributed by atoms with Crippen LogP contribution in [-0.2, 0) is 33.9 Å². The highest BCUT2D eigenvalue weighted by Crippen LogP contribution is 2.88. The van der Waals surface area contributed by atoms with Gasteiger partial charge in [0.1, 0.15) is 5.60 Å². The largest absolute Gasteiger partial charge is 0.444 e. The van der Waals surface area contributed by atoms with E-state index in [0.29, 0.717) is 13.0 Å². The number of likely N-dealkylation sites (tertiary alicyclic amines) is 1. The zero-order valence-corrected chi connectivity index (χ0v) is 35.6. The molecule has 1 aromatic rings. The summed E-state index contributed by atoms with van der Waals surface area (Å²) in [6.07, 6.45) is 4.26. The lowest BCUT2D eigenvalue weighted by atomic mass is 9.73. The number of allylic oxidation sites excluding steroid dienone is 1. The van der Waals surface area contributed by atoms with Crippen molar-refractivity contribution < 1.29 is 37.1 Å². The van der Waals surface area contributed by atoms with Crippen molar-refractivity contribution in [1.29, 1.82) is 0 Å². The maximum absolute atomic E-state index is 15.1. The Morgan fingerprint density at radius 1 is 0.927 bits per heavy atom. The van der Waals surface area contributed by atoms with Gasteiger partial charge in [-0.2, -0.15) is 0 Å². The summed E-state index contributed by atoms with van der Waals surface area (Å²) in [5.41, 5.74) is -3.92. The lowest BCUT2D eigenvalue weighted by molar-refractivity contribution is -0.147. The summed E-state index contributed by atoms with van der Waals surface area (Å²) >= 11 is 0. The summed E-state index contributed by atoms with van der Waals surface area (Å²) in [6, 6.07) is 5.80. The predicted octanol–water partition coefficient (Wildman–Crippen LogP) is 7.00. The molecule has 304 valence electrons. The number of alkyl carbamates (subject to hydrolysis) is 1. The average Bonchev–Trinajstić information content (AvgIpc) is 3.75. The normalized spacial score (nSPS) is 27.7. The Labute approximate surface area is 328 Å². The fourth-order valence-electron chi connectivity index (χ4n) is 10.1. The number of ketones is 2. The number of rotatable bonds is 12. The van der Waals surface area contributed by atoms with Crippen molar-refractivity contribution in [2.75, 3.05) is 6.54 Å². The molecule has 0 bridgehead atoms. The van der Waals surface area contributed by atoms with E-state index in [1.165, 1.54) is 12.1 Å². The van der Waals surface area contributed by atoms with E-state index in [9.17, 15) is 27.6 Å². The summed E-state index contributed by atoms with van der Waals surface area (Å²) in [5.74, 6) is -2.91. The Hall–Kier alpha value is -3.54. The molecule has 1 aromatic carbocycles. The van der Waals surface area contributed by atoms with Crippen LogP contribution in [0.5, 0.6) is 0 Å². The van der Waals surface area contributed by atoms with Crippen molar-refractivity contribution in [2.45, 2.75) is 144 Å². The maximum Gasteiger partial charge on any atom is 0.408 e. The van der Waals surface area contributed by atoms with Crippen molar-refractivity contribution in [3.63, 3.8) is 0 Å². The zero-order chi connectivity index (χ0) is 41.4. The van der Waals surface area contributed by atoms with Gasteiger partial charge in [0, 0.05) is 30.7 Å². The lowest BCUT2D eigenvalue weighted by Crippen LogP contribution is -2.53. The highest BCUT2D eigenvalue weighted by molar-refractivity contribution is 7.90. The first-order valence-electron chi connectivity index (χ1n) is 19.7. The lowest BCUT2D eigenvalue weighted by Gasteiger charge is -2.37. The molecule has 2 spiro atoms. The van der Waals surface area contributed by atoms with Crippen molar-refractivity contribution in [1.82, 2.24) is 14.9 Å². The first-order valence-corrected chi connectivity index (χ1v) is 21.2. The van der Waals surface area contributed by atoms with Crippen LogP contribution in [0.25, 0.3) is 0 Å². The molecule has 6 atom stereocenters. The highest BCUT2D eigenvalue weighted by Gasteiger charge is 2.85. The van der Waals surface area contributed by atoms with Crippen LogP contribution in [0.1, 0.15) is 121 Å². The molecule has 0 radical (unpaired) electrons. The molecule has 1 aliphatic heterocycles. The number of nitrogens with zero attached hydrogens (tertiary/aromatic N) is 1. The third-order valence-electron chi connectivity index (χ3n) is 13.7. The second-order valence-electron chi connectivity index (χ2n) is 20.5. The molecule has 4 fully saturated rings. The van der Waals surface area contributed by atoms with Gasteiger partial charge in [0.2, 0.25) is 11.8 Å². The number of Topliss-reactive ketones (excluding diaryl/α,β-unsaturated/α-hetero) is 2. The molecule has 55 heavy (non-hydrogen) atoms. The van der Waals surface area contributed by atoms with Crippen molar-refractivity contribution >= 4 is 39.5 Å². The van der Waals surface area contributed by atoms with Crippen LogP contribution in [0, 0.1) is 44.3 Å². The molecule has 3 amide bonds. The molecule has 12 heteroatoms. The molecule has 11 nitrogen and oxygen atoms in total. The fourth-order valence-corrected chi connectivity index (χ4v) is 11.2. The van der Waals surface area contributed by atoms with Gasteiger partial charge in [-0.05, 0) is 86.2 Å². The minimum atomic E-state index is -4.20. The molecule has 0 aromatic heterocycles. The molecule has 3 saturated carbocycles. The van der Waals surface area contributed by atoms with E-state index in [2.05, 4.69) is 30.5 Å². The van der Waals surface area contributed by atoms with E-state index in [-0.39, 0.29) is 57.9 Å². The molecule has 5 rings (SSSR count). The Morgan fingerprint density at radius 2 is 1.53 bits per heavy atom. The molecular weight excluding hydrogens is 719 g/mol. The van der Waals surface area contributed by atoms with E-state index in [0.717, 1.165) is 19.3 Å². The first-order chi connectivity index (χ1) is 25.1. The van der Waals surface area contributed by atoms with Crippen LogP contribution in [0.2, 0.25) is 0 Å². The van der Waals surface area contributed by atoms with Crippen LogP contribution in [0.3, 0.4) is 0 Å². The smallest absolute Gasteiger partial charge is 0.408 e. The van der Waals surface area contributed by atoms with Gasteiger partial charge < -0.3 is 15.0 Å². The summed E-state index contributed by atoms with van der Waals surface area (Å²) in [7, 11) is -4.20. The van der Waals surface area contributed by atoms with E-state index < -0.39 is 67.8 Å². The molecule has 3 aliphatic carbocycles. The van der Waals surface area contributed by atoms with E-state index in [1.54, 1.807) is 49.9 Å². The van der Waals surface area contributed by atoms with Gasteiger partial charge in [0.25, 0.3) is 10.0 Å². The minimum absolute atomic E-state index is 0.00265. The molecule has 4 aliphatic rings. The van der Waals surface area contributed by atoms with Crippen molar-refractivity contribution in [2.24, 2.45) is 44.3 Å². The number of nitrogens with one attached hydrogen (secondary N) is 2. The van der Waals surface area contributed by atoms with Gasteiger partial charge in [-0.3, -0.25) is 19.2 Å². The van der Waals surface area contributed by atoms with E-state index in [4.69, 9.17) is 4.74 Å². The monoisotopic (exact) mass is 781 g/mol. The van der Waals surface area contributed by atoms with Crippen LogP contribution in [0.4, 0.5) is 4.79 Å². The summed E-state index contributed by atoms with van der Waals surface area (Å²) in [6.45, 7) is 25.1. The SMILES string of the molecule is C=C[C@@H]1C[C@]1(CC(=O)[C@@H]1C[C@@]2(CN1C(=O)C(CC(=O)[C@@H](NC(=O)OC(C)(C)C)C(C)(C)C)C(C)(C)C)C(C)(C)C21CCC1)C(=O)NS(=O)(=O)c1ccccc1. The van der Waals surface area contributed by atoms with Gasteiger partial charge in [-0.15, -0.1) is 6.58 Å². The molecule has 2 N–H and O–H groups in total. The zero-order valence-electron chi connectivity index (χ0n) is 34.8. The minimum Gasteiger partial charge on any atom is -0.444 e. The number of carbonyl (C=O) groups is 5. The number of amides is 3. The molecule has 1 heterocycles. The quantitative estimate of drug-likeness (QED) is 0.215. The number of hydrogen-bond acceptors (Lipinski definition) is 8. The fraction of sp³-hybridized carbons (Fsp3) is 0.698. The topological polar surface area (TPSA) is 156 Å². The molecule has 1 unspecified atom stereocenters. The van der Waals surface area contributed by atoms with Gasteiger partial charge in [-0.1, -0.05) is 86.1 Å². The predicted molar refractivity (Wildman–Crippen MR) is 210 cm³/mol. The first kappa shape index (κ1) is 42.6. The maximum atomic E-state index is 15.1. The van der Waals surface area contributed by atoms with E-state index >= 15 is 4.79 Å². The van der Waals surface area contributed by atoms with Gasteiger partial charge in [0.15, 0.2) is 11.6 Å². The van der Waals surface area contributed by atoms with E-state index in [1.807, 2.05) is 41.5 Å². The standard InChI is InChI=1S/C43H63N3O8S/c1-13-27-23-41(27,35(50)45-55(52,53)28-18-15-14-16-19-28)25-32(48)30-24-43(40(11,12)42(43)20-17-21-42)26-46(30)34(49)29(37(2,3)4)22-31(47)33(38(5,6)7)44-36(51)54-39(8,9)10/h13-16,18-19,27,29-30,33H,1,17,20-26H2,2-12H3,(H,44,51)(H,45,50)/t27-,29?,30+,33-,41-,43-/m1/s1. The third-order valence-corrected chi connectivity index (χ3v) is 15.1. The van der Waals surface area contributed by atoms with Gasteiger partial charge in [-0.25, -0.2) is 17.9 Å². The number of fused-ring (bicyclic) bond motifs is 1. The number of benzene rings is 1. The Kier molecular flexibility index (Phi) is 10.7. The van der Waals surface area contributed by atoms with Crippen LogP contribution in [0.15, 0.2) is 47.9 Å². The number of hydrogen-bond donors (Lipinski definition) is 2. The van der Waals surface area contributed by atoms with Gasteiger partial charge >= 0.3 is 6.09 Å². The Bertz CT molecular complexity index is 1850. The highest BCUT2D eigenvalue weighted by atomic mass is 32.2. The van der Waals surface area contributed by atoms with Crippen LogP contribution < -0.4 is 10.0 Å². The summed E-state index contributed by atoms with van der Waals surface area (Å²) in [5, 5.41) is 2.77. The molecular formula is C43H63N3O8S. The van der Waals surface area contributed by atoms with Crippen LogP contribution >= 0.6 is 0 Å². The van der Waals surface area contributed by atoms with Crippen LogP contribution in [-0.4, -0.2) is 67.0 Å². The van der Waals surface area contributed by atoms with Crippen molar-refractivity contribution in [3.8, 4) is 0 Å². The number of sulfonamides is 1. The Balaban J connectivity index is 1.45. The Morgan fingerprint density at radius 3 is 1.98 bits per heavy atom. The second kappa shape index (κ2) is 13.8. The average molecular weight is 782 g/mol. The summed E-state index contributed by atoms with van der Waals surface area (Å²) < 4.78 is 34.1. The van der Waals surface area contributed by atoms with Gasteiger partial charge in [0.05, 0.1) is 22.4 Å². The summed E-state index contributed by atoms with van der Waals surface area (Å²) in [4.78, 5) is 72.4.